The van der Waals surface area contributed by atoms with Crippen LogP contribution in [0.25, 0.3) is 0 Å². The van der Waals surface area contributed by atoms with E-state index in [9.17, 15) is 5.11 Å². The average Bonchev–Trinajstić information content (AvgIpc) is 2.85. The molecule has 90 valence electrons. The van der Waals surface area contributed by atoms with Crippen molar-refractivity contribution in [1.82, 2.24) is 10.5 Å². The molecule has 4 nitrogen and oxygen atoms in total. The molecule has 17 heavy (non-hydrogen) atoms. The molecular formula is C13H16N2O2. The van der Waals surface area contributed by atoms with Crippen molar-refractivity contribution < 1.29 is 9.63 Å². The van der Waals surface area contributed by atoms with E-state index in [1.54, 1.807) is 18.3 Å². The van der Waals surface area contributed by atoms with E-state index in [4.69, 9.17) is 4.52 Å². The third-order valence-electron chi connectivity index (χ3n) is 2.72. The van der Waals surface area contributed by atoms with Gasteiger partial charge in [0, 0.05) is 12.1 Å². The average molecular weight is 232 g/mol. The summed E-state index contributed by atoms with van der Waals surface area (Å²) in [6.45, 7) is 2.77. The monoisotopic (exact) mass is 232 g/mol. The van der Waals surface area contributed by atoms with Crippen LogP contribution in [0.5, 0.6) is 5.75 Å². The minimum atomic E-state index is 0.251. The lowest BCUT2D eigenvalue weighted by molar-refractivity contribution is 0.361. The molecule has 0 fully saturated rings. The summed E-state index contributed by atoms with van der Waals surface area (Å²) < 4.78 is 5.03. The van der Waals surface area contributed by atoms with Crippen molar-refractivity contribution in [2.24, 2.45) is 0 Å². The molecule has 0 aliphatic carbocycles. The lowest BCUT2D eigenvalue weighted by Gasteiger charge is -2.16. The summed E-state index contributed by atoms with van der Waals surface area (Å²) >= 11 is 0. The van der Waals surface area contributed by atoms with Gasteiger partial charge in [0.05, 0.1) is 12.7 Å². The van der Waals surface area contributed by atoms with Crippen LogP contribution in [0, 0.1) is 0 Å². The Morgan fingerprint density at radius 3 is 2.65 bits per heavy atom. The van der Waals surface area contributed by atoms with Crippen molar-refractivity contribution in [3.05, 3.63) is 47.9 Å². The molecule has 0 radical (unpaired) electrons. The zero-order valence-electron chi connectivity index (χ0n) is 9.76. The zero-order valence-corrected chi connectivity index (χ0v) is 9.76. The Morgan fingerprint density at radius 2 is 2.06 bits per heavy atom. The van der Waals surface area contributed by atoms with Gasteiger partial charge in [0.2, 0.25) is 0 Å². The SMILES string of the molecule is CCC(NCc1ccno1)c1ccc(O)cc1. The number of aromatic nitrogens is 1. The van der Waals surface area contributed by atoms with Crippen molar-refractivity contribution in [3.63, 3.8) is 0 Å². The van der Waals surface area contributed by atoms with Crippen LogP contribution in [0.1, 0.15) is 30.7 Å². The normalized spacial score (nSPS) is 12.5. The number of benzene rings is 1. The predicted molar refractivity (Wildman–Crippen MR) is 64.5 cm³/mol. The first-order chi connectivity index (χ1) is 8.29. The van der Waals surface area contributed by atoms with Crippen LogP contribution in [-0.2, 0) is 6.54 Å². The molecule has 1 aromatic heterocycles. The second-order valence-electron chi connectivity index (χ2n) is 3.91. The van der Waals surface area contributed by atoms with Crippen molar-refractivity contribution in [3.8, 4) is 5.75 Å². The smallest absolute Gasteiger partial charge is 0.150 e. The highest BCUT2D eigenvalue weighted by Crippen LogP contribution is 2.19. The Morgan fingerprint density at radius 1 is 1.29 bits per heavy atom. The number of hydrogen-bond donors (Lipinski definition) is 2. The first-order valence-electron chi connectivity index (χ1n) is 5.71. The van der Waals surface area contributed by atoms with Gasteiger partial charge in [-0.15, -0.1) is 0 Å². The van der Waals surface area contributed by atoms with E-state index >= 15 is 0 Å². The Bertz CT molecular complexity index is 437. The molecular weight excluding hydrogens is 216 g/mol. The van der Waals surface area contributed by atoms with Crippen molar-refractivity contribution in [2.75, 3.05) is 0 Å². The van der Waals surface area contributed by atoms with Crippen LogP contribution in [0.3, 0.4) is 0 Å². The largest absolute Gasteiger partial charge is 0.508 e. The quantitative estimate of drug-likeness (QED) is 0.832. The third kappa shape index (κ3) is 3.07. The highest BCUT2D eigenvalue weighted by Gasteiger charge is 2.09. The third-order valence-corrected chi connectivity index (χ3v) is 2.72. The number of phenolic OH excluding ortho intramolecular Hbond substituents is 1. The maximum Gasteiger partial charge on any atom is 0.150 e. The summed E-state index contributed by atoms with van der Waals surface area (Å²) in [6, 6.07) is 9.35. The van der Waals surface area contributed by atoms with Crippen LogP contribution < -0.4 is 5.32 Å². The Balaban J connectivity index is 1.99. The lowest BCUT2D eigenvalue weighted by Crippen LogP contribution is -2.19. The van der Waals surface area contributed by atoms with E-state index < -0.39 is 0 Å². The fourth-order valence-electron chi connectivity index (χ4n) is 1.76. The van der Waals surface area contributed by atoms with E-state index in [0.717, 1.165) is 17.7 Å². The van der Waals surface area contributed by atoms with Crippen molar-refractivity contribution in [1.29, 1.82) is 0 Å². The van der Waals surface area contributed by atoms with Crippen LogP contribution in [0.4, 0.5) is 0 Å². The van der Waals surface area contributed by atoms with E-state index in [1.807, 2.05) is 18.2 Å². The molecule has 2 aromatic rings. The molecule has 0 saturated carbocycles. The van der Waals surface area contributed by atoms with Crippen LogP contribution in [-0.4, -0.2) is 10.3 Å². The van der Waals surface area contributed by atoms with Gasteiger partial charge >= 0.3 is 0 Å². The second kappa shape index (κ2) is 5.50. The standard InChI is InChI=1S/C13H16N2O2/c1-2-13(10-3-5-11(16)6-4-10)14-9-12-7-8-15-17-12/h3-8,13-14,16H,2,9H2,1H3. The maximum atomic E-state index is 9.25. The van der Waals surface area contributed by atoms with Crippen LogP contribution >= 0.6 is 0 Å². The summed E-state index contributed by atoms with van der Waals surface area (Å²) in [4.78, 5) is 0. The van der Waals surface area contributed by atoms with Gasteiger partial charge in [-0.05, 0) is 24.1 Å². The second-order valence-corrected chi connectivity index (χ2v) is 3.91. The van der Waals surface area contributed by atoms with E-state index in [0.29, 0.717) is 12.3 Å². The number of aromatic hydroxyl groups is 1. The number of rotatable bonds is 5. The molecule has 0 amide bonds. The summed E-state index contributed by atoms with van der Waals surface area (Å²) in [6.07, 6.45) is 2.61. The zero-order chi connectivity index (χ0) is 12.1. The minimum absolute atomic E-state index is 0.251. The minimum Gasteiger partial charge on any atom is -0.508 e. The molecule has 2 rings (SSSR count). The van der Waals surface area contributed by atoms with Gasteiger partial charge in [0.15, 0.2) is 0 Å². The van der Waals surface area contributed by atoms with Gasteiger partial charge in [-0.1, -0.05) is 24.2 Å². The van der Waals surface area contributed by atoms with Crippen LogP contribution in [0.15, 0.2) is 41.1 Å². The van der Waals surface area contributed by atoms with Gasteiger partial charge in [-0.2, -0.15) is 0 Å². The fraction of sp³-hybridized carbons (Fsp3) is 0.308. The molecule has 1 atom stereocenters. The molecule has 4 heteroatoms. The molecule has 0 aliphatic rings. The van der Waals surface area contributed by atoms with E-state index in [1.165, 1.54) is 0 Å². The summed E-state index contributed by atoms with van der Waals surface area (Å²) in [7, 11) is 0. The van der Waals surface area contributed by atoms with Crippen molar-refractivity contribution >= 4 is 0 Å². The molecule has 1 unspecified atom stereocenters. The summed E-state index contributed by atoms with van der Waals surface area (Å²) in [5.41, 5.74) is 1.16. The number of phenols is 1. The van der Waals surface area contributed by atoms with Gasteiger partial charge in [0.1, 0.15) is 11.5 Å². The van der Waals surface area contributed by atoms with E-state index in [-0.39, 0.29) is 6.04 Å². The first-order valence-corrected chi connectivity index (χ1v) is 5.71. The first kappa shape index (κ1) is 11.7. The van der Waals surface area contributed by atoms with Gasteiger partial charge in [-0.3, -0.25) is 0 Å². The topological polar surface area (TPSA) is 58.3 Å². The molecule has 0 saturated heterocycles. The Labute approximate surface area is 100 Å². The highest BCUT2D eigenvalue weighted by molar-refractivity contribution is 5.28. The number of hydrogen-bond acceptors (Lipinski definition) is 4. The summed E-state index contributed by atoms with van der Waals surface area (Å²) in [5, 5.41) is 16.3. The summed E-state index contributed by atoms with van der Waals surface area (Å²) in [5.74, 6) is 1.11. The highest BCUT2D eigenvalue weighted by atomic mass is 16.5. The molecule has 2 N–H and O–H groups in total. The Hall–Kier alpha value is -1.81. The molecule has 0 bridgehead atoms. The van der Waals surface area contributed by atoms with Gasteiger partial charge < -0.3 is 14.9 Å². The molecule has 1 aromatic carbocycles. The molecule has 0 aliphatic heterocycles. The molecule has 0 spiro atoms. The molecule has 1 heterocycles. The predicted octanol–water partition coefficient (Wildman–Crippen LogP) is 2.62. The maximum absolute atomic E-state index is 9.25. The van der Waals surface area contributed by atoms with Crippen LogP contribution in [0.2, 0.25) is 0 Å². The lowest BCUT2D eigenvalue weighted by atomic mass is 10.0. The van der Waals surface area contributed by atoms with Gasteiger partial charge in [-0.25, -0.2) is 0 Å². The number of nitrogens with zero attached hydrogens (tertiary/aromatic N) is 1. The fourth-order valence-corrected chi connectivity index (χ4v) is 1.76. The Kier molecular flexibility index (Phi) is 3.77. The van der Waals surface area contributed by atoms with E-state index in [2.05, 4.69) is 17.4 Å². The van der Waals surface area contributed by atoms with Gasteiger partial charge in [0.25, 0.3) is 0 Å². The number of nitrogens with one attached hydrogen (secondary N) is 1. The van der Waals surface area contributed by atoms with Crippen molar-refractivity contribution in [2.45, 2.75) is 25.9 Å².